The van der Waals surface area contributed by atoms with Crippen LogP contribution in [0.4, 0.5) is 10.5 Å². The number of barbiturate groups is 1. The van der Waals surface area contributed by atoms with Gasteiger partial charge in [0.1, 0.15) is 5.57 Å². The van der Waals surface area contributed by atoms with Crippen LogP contribution in [0.25, 0.3) is 6.08 Å². The molecule has 1 fully saturated rings. The molecule has 0 aromatic heterocycles. The molecule has 1 N–H and O–H groups in total. The molecule has 2 aromatic rings. The molecule has 1 saturated heterocycles. The first-order valence-electron chi connectivity index (χ1n) is 10.0. The normalized spacial score (nSPS) is 15.2. The molecule has 32 heavy (non-hydrogen) atoms. The van der Waals surface area contributed by atoms with Crippen molar-refractivity contribution in [2.24, 2.45) is 0 Å². The Balaban J connectivity index is 2.05. The molecule has 1 heterocycles. The quantitative estimate of drug-likeness (QED) is 0.397. The van der Waals surface area contributed by atoms with Crippen molar-refractivity contribution in [3.05, 3.63) is 56.5 Å². The van der Waals surface area contributed by atoms with E-state index in [0.29, 0.717) is 51.0 Å². The zero-order valence-corrected chi connectivity index (χ0v) is 20.2. The summed E-state index contributed by atoms with van der Waals surface area (Å²) in [6.45, 7) is 6.45. The zero-order chi connectivity index (χ0) is 23.4. The van der Waals surface area contributed by atoms with Gasteiger partial charge in [0.25, 0.3) is 11.8 Å². The number of nitrogens with one attached hydrogen (secondary N) is 1. The Kier molecular flexibility index (Phi) is 7.58. The third kappa shape index (κ3) is 4.81. The highest BCUT2D eigenvalue weighted by Crippen LogP contribution is 2.38. The fourth-order valence-corrected chi connectivity index (χ4v) is 3.90. The predicted octanol–water partition coefficient (Wildman–Crippen LogP) is 5.26. The van der Waals surface area contributed by atoms with Crippen LogP contribution in [0.15, 0.2) is 40.4 Å². The average Bonchev–Trinajstić information content (AvgIpc) is 2.73. The van der Waals surface area contributed by atoms with Gasteiger partial charge in [-0.3, -0.25) is 14.9 Å². The first-order chi connectivity index (χ1) is 15.3. The van der Waals surface area contributed by atoms with Crippen molar-refractivity contribution in [1.82, 2.24) is 5.32 Å². The van der Waals surface area contributed by atoms with Gasteiger partial charge in [-0.2, -0.15) is 0 Å². The minimum atomic E-state index is -0.831. The second-order valence-corrected chi connectivity index (χ2v) is 8.21. The summed E-state index contributed by atoms with van der Waals surface area (Å²) < 4.78 is 12.1. The Morgan fingerprint density at radius 3 is 2.59 bits per heavy atom. The summed E-state index contributed by atoms with van der Waals surface area (Å²) in [5, 5.41) is 2.62. The minimum Gasteiger partial charge on any atom is -0.490 e. The molecule has 0 radical (unpaired) electrons. The molecule has 0 atom stereocenters. The summed E-state index contributed by atoms with van der Waals surface area (Å²) in [4.78, 5) is 39.1. The van der Waals surface area contributed by atoms with E-state index in [1.807, 2.05) is 13.8 Å². The summed E-state index contributed by atoms with van der Waals surface area (Å²) in [6.07, 6.45) is 2.24. The molecule has 0 saturated carbocycles. The summed E-state index contributed by atoms with van der Waals surface area (Å²) in [6, 6.07) is 7.44. The van der Waals surface area contributed by atoms with Gasteiger partial charge in [-0.05, 0) is 77.7 Å². The molecule has 9 heteroatoms. The third-order valence-electron chi connectivity index (χ3n) is 4.67. The van der Waals surface area contributed by atoms with Crippen LogP contribution < -0.4 is 19.7 Å². The van der Waals surface area contributed by atoms with E-state index >= 15 is 0 Å². The smallest absolute Gasteiger partial charge is 0.335 e. The minimum absolute atomic E-state index is 0.194. The molecule has 3 rings (SSSR count). The maximum absolute atomic E-state index is 13.2. The highest BCUT2D eigenvalue weighted by molar-refractivity contribution is 9.10. The fourth-order valence-electron chi connectivity index (χ4n) is 3.16. The maximum atomic E-state index is 13.2. The molecule has 7 nitrogen and oxygen atoms in total. The average molecular weight is 522 g/mol. The monoisotopic (exact) mass is 520 g/mol. The number of urea groups is 1. The van der Waals surface area contributed by atoms with Crippen LogP contribution in [-0.4, -0.2) is 31.1 Å². The van der Waals surface area contributed by atoms with Crippen molar-refractivity contribution in [2.45, 2.75) is 27.2 Å². The lowest BCUT2D eigenvalue weighted by atomic mass is 10.1. The van der Waals surface area contributed by atoms with E-state index in [4.69, 9.17) is 21.1 Å². The molecule has 0 spiro atoms. The van der Waals surface area contributed by atoms with Crippen LogP contribution in [0.1, 0.15) is 31.4 Å². The summed E-state index contributed by atoms with van der Waals surface area (Å²) in [5.74, 6) is -0.507. The topological polar surface area (TPSA) is 84.9 Å². The van der Waals surface area contributed by atoms with Crippen LogP contribution in [-0.2, 0) is 9.59 Å². The summed E-state index contributed by atoms with van der Waals surface area (Å²) in [5.41, 5.74) is 1.18. The van der Waals surface area contributed by atoms with Gasteiger partial charge in [0.2, 0.25) is 0 Å². The van der Waals surface area contributed by atoms with E-state index in [0.717, 1.165) is 11.3 Å². The van der Waals surface area contributed by atoms with Gasteiger partial charge in [0.05, 0.1) is 23.4 Å². The van der Waals surface area contributed by atoms with E-state index in [9.17, 15) is 14.4 Å². The van der Waals surface area contributed by atoms with Crippen LogP contribution >= 0.6 is 27.5 Å². The van der Waals surface area contributed by atoms with Gasteiger partial charge in [-0.15, -0.1) is 0 Å². The highest BCUT2D eigenvalue weighted by atomic mass is 79.9. The van der Waals surface area contributed by atoms with Crippen LogP contribution in [0.2, 0.25) is 5.02 Å². The maximum Gasteiger partial charge on any atom is 0.335 e. The van der Waals surface area contributed by atoms with Gasteiger partial charge in [-0.25, -0.2) is 9.69 Å². The van der Waals surface area contributed by atoms with E-state index in [2.05, 4.69) is 21.2 Å². The van der Waals surface area contributed by atoms with Crippen molar-refractivity contribution in [3.8, 4) is 11.5 Å². The predicted molar refractivity (Wildman–Crippen MR) is 126 cm³/mol. The number of imide groups is 2. The van der Waals surface area contributed by atoms with Gasteiger partial charge in [0, 0.05) is 5.02 Å². The number of hydrogen-bond donors (Lipinski definition) is 1. The second-order valence-electron chi connectivity index (χ2n) is 6.95. The number of nitrogens with zero attached hydrogens (tertiary/aromatic N) is 1. The van der Waals surface area contributed by atoms with E-state index in [1.165, 1.54) is 6.08 Å². The molecular weight excluding hydrogens is 500 g/mol. The van der Waals surface area contributed by atoms with Gasteiger partial charge in [0.15, 0.2) is 11.5 Å². The Hall–Kier alpha value is -2.84. The molecular formula is C23H22BrClN2O5. The van der Waals surface area contributed by atoms with Gasteiger partial charge >= 0.3 is 6.03 Å². The molecule has 0 unspecified atom stereocenters. The van der Waals surface area contributed by atoms with E-state index in [1.54, 1.807) is 37.3 Å². The number of ether oxygens (including phenoxy) is 2. The van der Waals surface area contributed by atoms with Crippen molar-refractivity contribution in [3.63, 3.8) is 0 Å². The van der Waals surface area contributed by atoms with Crippen LogP contribution in [0.3, 0.4) is 0 Å². The Morgan fingerprint density at radius 2 is 1.91 bits per heavy atom. The van der Waals surface area contributed by atoms with Crippen molar-refractivity contribution >= 4 is 57.1 Å². The molecule has 0 bridgehead atoms. The Morgan fingerprint density at radius 1 is 1.16 bits per heavy atom. The number of carbonyl (C=O) groups is 3. The number of carbonyl (C=O) groups excluding carboxylic acids is 3. The molecule has 4 amide bonds. The van der Waals surface area contributed by atoms with Crippen molar-refractivity contribution in [1.29, 1.82) is 0 Å². The molecule has 1 aliphatic heterocycles. The number of anilines is 1. The second kappa shape index (κ2) is 10.2. The van der Waals surface area contributed by atoms with Crippen molar-refractivity contribution in [2.75, 3.05) is 18.1 Å². The van der Waals surface area contributed by atoms with Gasteiger partial charge in [-0.1, -0.05) is 24.6 Å². The fraction of sp³-hybridized carbons (Fsp3) is 0.261. The SMILES string of the molecule is CCCOc1c(Br)cc(/C=C2\C(=O)NC(=O)N(c3cccc(Cl)c3C)C2=O)cc1OCC. The first kappa shape index (κ1) is 23.8. The summed E-state index contributed by atoms with van der Waals surface area (Å²) in [7, 11) is 0. The summed E-state index contributed by atoms with van der Waals surface area (Å²) >= 11 is 9.63. The first-order valence-corrected chi connectivity index (χ1v) is 11.2. The Bertz CT molecular complexity index is 1120. The lowest BCUT2D eigenvalue weighted by Crippen LogP contribution is -2.54. The van der Waals surface area contributed by atoms with Crippen LogP contribution in [0.5, 0.6) is 11.5 Å². The molecule has 168 valence electrons. The number of amides is 4. The number of halogens is 2. The number of benzene rings is 2. The third-order valence-corrected chi connectivity index (χ3v) is 5.67. The van der Waals surface area contributed by atoms with E-state index in [-0.39, 0.29) is 5.57 Å². The zero-order valence-electron chi connectivity index (χ0n) is 17.8. The van der Waals surface area contributed by atoms with Crippen LogP contribution in [0, 0.1) is 6.92 Å². The van der Waals surface area contributed by atoms with Gasteiger partial charge < -0.3 is 9.47 Å². The van der Waals surface area contributed by atoms with Crippen molar-refractivity contribution < 1.29 is 23.9 Å². The standard InChI is InChI=1S/C23H22BrClN2O5/c1-4-9-32-20-16(24)11-14(12-19(20)31-5-2)10-15-21(28)26-23(30)27(22(15)29)18-8-6-7-17(25)13(18)3/h6-8,10-12H,4-5,9H2,1-3H3,(H,26,28,30)/b15-10+. The molecule has 0 aliphatic carbocycles. The number of rotatable bonds is 7. The largest absolute Gasteiger partial charge is 0.490 e. The molecule has 1 aliphatic rings. The Labute approximate surface area is 199 Å². The lowest BCUT2D eigenvalue weighted by Gasteiger charge is -2.27. The number of hydrogen-bond acceptors (Lipinski definition) is 5. The highest BCUT2D eigenvalue weighted by Gasteiger charge is 2.37. The molecule has 2 aromatic carbocycles. The van der Waals surface area contributed by atoms with E-state index < -0.39 is 17.8 Å². The lowest BCUT2D eigenvalue weighted by molar-refractivity contribution is -0.122.